The zero-order valence-electron chi connectivity index (χ0n) is 19.7. The zero-order chi connectivity index (χ0) is 21.4. The molecule has 1 aromatic rings. The number of nitrogens with zero attached hydrogens (tertiary/aromatic N) is 2. The van der Waals surface area contributed by atoms with Crippen molar-refractivity contribution < 1.29 is 4.74 Å². The second kappa shape index (κ2) is 13.0. The number of hydrogen-bond donors (Lipinski definition) is 3. The summed E-state index contributed by atoms with van der Waals surface area (Å²) in [6.45, 7) is 11.6. The lowest BCUT2D eigenvalue weighted by atomic mass is 9.88. The third kappa shape index (κ3) is 7.87. The first-order valence-corrected chi connectivity index (χ1v) is 11.6. The number of piperidine rings is 1. The van der Waals surface area contributed by atoms with Crippen molar-refractivity contribution in [1.29, 1.82) is 0 Å². The van der Waals surface area contributed by atoms with Crippen LogP contribution in [0.25, 0.3) is 0 Å². The summed E-state index contributed by atoms with van der Waals surface area (Å²) in [4.78, 5) is 7.07. The van der Waals surface area contributed by atoms with Crippen LogP contribution in [0.5, 0.6) is 0 Å². The van der Waals surface area contributed by atoms with Crippen molar-refractivity contribution in [2.45, 2.75) is 70.1 Å². The lowest BCUT2D eigenvalue weighted by Crippen LogP contribution is -2.59. The maximum atomic E-state index is 5.68. The summed E-state index contributed by atoms with van der Waals surface area (Å²) in [6, 6.07) is 12.1. The molecular formula is C24H42IN5O. The van der Waals surface area contributed by atoms with Crippen molar-refractivity contribution >= 4 is 29.9 Å². The highest BCUT2D eigenvalue weighted by Crippen LogP contribution is 2.25. The molecule has 2 aliphatic rings. The molecule has 1 atom stereocenters. The quantitative estimate of drug-likeness (QED) is 0.279. The van der Waals surface area contributed by atoms with E-state index >= 15 is 0 Å². The van der Waals surface area contributed by atoms with Crippen LogP contribution in [0.3, 0.4) is 0 Å². The van der Waals surface area contributed by atoms with Crippen LogP contribution < -0.4 is 16.0 Å². The Bertz CT molecular complexity index is 655. The molecule has 2 aliphatic heterocycles. The average molecular weight is 544 g/mol. The molecule has 0 amide bonds. The van der Waals surface area contributed by atoms with Gasteiger partial charge < -0.3 is 25.6 Å². The van der Waals surface area contributed by atoms with E-state index in [2.05, 4.69) is 76.9 Å². The number of nitrogens with one attached hydrogen (secondary N) is 3. The summed E-state index contributed by atoms with van der Waals surface area (Å²) in [7, 11) is 1.87. The fraction of sp³-hybridized carbons (Fsp3) is 0.708. The van der Waals surface area contributed by atoms with Gasteiger partial charge in [0.05, 0.1) is 0 Å². The van der Waals surface area contributed by atoms with Crippen LogP contribution in [0.4, 0.5) is 0 Å². The van der Waals surface area contributed by atoms with Gasteiger partial charge in [0.2, 0.25) is 0 Å². The fourth-order valence-corrected chi connectivity index (χ4v) is 4.62. The van der Waals surface area contributed by atoms with Crippen LogP contribution in [0.2, 0.25) is 0 Å². The zero-order valence-corrected chi connectivity index (χ0v) is 22.0. The molecule has 0 radical (unpaired) electrons. The molecule has 0 aromatic heterocycles. The van der Waals surface area contributed by atoms with E-state index < -0.39 is 0 Å². The van der Waals surface area contributed by atoms with Crippen molar-refractivity contribution in [1.82, 2.24) is 20.9 Å². The molecule has 1 unspecified atom stereocenters. The predicted octanol–water partition coefficient (Wildman–Crippen LogP) is 3.54. The third-order valence-corrected chi connectivity index (χ3v) is 6.69. The predicted molar refractivity (Wildman–Crippen MR) is 140 cm³/mol. The van der Waals surface area contributed by atoms with Crippen molar-refractivity contribution in [3.05, 3.63) is 35.9 Å². The van der Waals surface area contributed by atoms with Gasteiger partial charge in [-0.2, -0.15) is 0 Å². The summed E-state index contributed by atoms with van der Waals surface area (Å²) in [5.41, 5.74) is 1.33. The highest BCUT2D eigenvalue weighted by atomic mass is 127. The number of hydrogen-bond acceptors (Lipinski definition) is 4. The molecule has 2 heterocycles. The highest BCUT2D eigenvalue weighted by Gasteiger charge is 2.34. The average Bonchev–Trinajstić information content (AvgIpc) is 2.78. The molecule has 176 valence electrons. The molecule has 3 N–H and O–H groups in total. The highest BCUT2D eigenvalue weighted by molar-refractivity contribution is 14.0. The van der Waals surface area contributed by atoms with Gasteiger partial charge in [-0.1, -0.05) is 30.3 Å². The topological polar surface area (TPSA) is 60.9 Å². The summed E-state index contributed by atoms with van der Waals surface area (Å²) in [5.74, 6) is 0.915. The van der Waals surface area contributed by atoms with Crippen LogP contribution >= 0.6 is 24.0 Å². The van der Waals surface area contributed by atoms with Gasteiger partial charge in [-0.3, -0.25) is 4.99 Å². The first kappa shape index (κ1) is 26.4. The summed E-state index contributed by atoms with van der Waals surface area (Å²) in [6.07, 6.45) is 4.34. The van der Waals surface area contributed by atoms with E-state index in [-0.39, 0.29) is 29.5 Å². The Kier molecular flexibility index (Phi) is 11.0. The van der Waals surface area contributed by atoms with Gasteiger partial charge in [0.1, 0.15) is 0 Å². The number of rotatable bonds is 7. The third-order valence-electron chi connectivity index (χ3n) is 6.69. The second-order valence-corrected chi connectivity index (χ2v) is 9.14. The molecule has 7 heteroatoms. The van der Waals surface area contributed by atoms with E-state index in [1.54, 1.807) is 0 Å². The Morgan fingerprint density at radius 2 is 1.77 bits per heavy atom. The van der Waals surface area contributed by atoms with E-state index in [0.29, 0.717) is 18.1 Å². The van der Waals surface area contributed by atoms with Crippen LogP contribution in [0, 0.1) is 0 Å². The molecule has 2 fully saturated rings. The summed E-state index contributed by atoms with van der Waals surface area (Å²) < 4.78 is 5.68. The molecular weight excluding hydrogens is 501 g/mol. The van der Waals surface area contributed by atoms with Gasteiger partial charge >= 0.3 is 0 Å². The summed E-state index contributed by atoms with van der Waals surface area (Å²) in [5, 5.41) is 11.2. The molecule has 6 nitrogen and oxygen atoms in total. The molecule has 0 aliphatic carbocycles. The number of guanidine groups is 1. The van der Waals surface area contributed by atoms with Crippen LogP contribution in [0.15, 0.2) is 35.3 Å². The normalized spacial score (nSPS) is 21.4. The Labute approximate surface area is 206 Å². The maximum absolute atomic E-state index is 5.68. The summed E-state index contributed by atoms with van der Waals surface area (Å²) >= 11 is 0. The minimum Gasteiger partial charge on any atom is -0.381 e. The van der Waals surface area contributed by atoms with Crippen LogP contribution in [-0.2, 0) is 4.74 Å². The lowest BCUT2D eigenvalue weighted by Gasteiger charge is -2.41. The Morgan fingerprint density at radius 3 is 2.35 bits per heavy atom. The number of likely N-dealkylation sites (tertiary alicyclic amines) is 1. The van der Waals surface area contributed by atoms with Crippen molar-refractivity contribution in [3.63, 3.8) is 0 Å². The molecule has 0 spiro atoms. The number of aliphatic imine (C=N–C) groups is 1. The van der Waals surface area contributed by atoms with E-state index in [1.807, 2.05) is 7.05 Å². The first-order valence-electron chi connectivity index (χ1n) is 11.6. The maximum Gasteiger partial charge on any atom is 0.191 e. The molecule has 2 saturated heterocycles. The molecule has 0 saturated carbocycles. The number of ether oxygens (including phenoxy) is 1. The van der Waals surface area contributed by atoms with Gasteiger partial charge in [0.15, 0.2) is 5.96 Å². The van der Waals surface area contributed by atoms with E-state index in [9.17, 15) is 0 Å². The van der Waals surface area contributed by atoms with Crippen LogP contribution in [0.1, 0.15) is 58.1 Å². The Morgan fingerprint density at radius 1 is 1.13 bits per heavy atom. The van der Waals surface area contributed by atoms with E-state index in [0.717, 1.165) is 51.6 Å². The van der Waals surface area contributed by atoms with Gasteiger partial charge in [-0.05, 0) is 52.0 Å². The first-order chi connectivity index (χ1) is 14.5. The second-order valence-electron chi connectivity index (χ2n) is 9.14. The number of halogens is 1. The van der Waals surface area contributed by atoms with Crippen LogP contribution in [-0.4, -0.2) is 68.4 Å². The SMILES string of the molecule is CN=C(NCC1(NC(C)c2ccccc2)CCOCC1)NC1CCN(C(C)C)CC1.I. The smallest absolute Gasteiger partial charge is 0.191 e. The van der Waals surface area contributed by atoms with Crippen molar-refractivity contribution in [2.24, 2.45) is 4.99 Å². The molecule has 0 bridgehead atoms. The molecule has 1 aromatic carbocycles. The van der Waals surface area contributed by atoms with Gasteiger partial charge in [0, 0.05) is 63.6 Å². The Hall–Kier alpha value is -0.900. The minimum absolute atomic E-state index is 0. The monoisotopic (exact) mass is 543 g/mol. The Balaban J connectivity index is 0.00000341. The van der Waals surface area contributed by atoms with Gasteiger partial charge in [-0.15, -0.1) is 24.0 Å². The van der Waals surface area contributed by atoms with E-state index in [1.165, 1.54) is 18.4 Å². The molecule has 3 rings (SSSR count). The lowest BCUT2D eigenvalue weighted by molar-refractivity contribution is 0.0354. The van der Waals surface area contributed by atoms with E-state index in [4.69, 9.17) is 4.74 Å². The van der Waals surface area contributed by atoms with Crippen molar-refractivity contribution in [3.8, 4) is 0 Å². The standard InChI is InChI=1S/C24H41N5O.HI/c1-19(2)29-14-10-22(11-15-29)27-23(25-4)26-18-24(12-16-30-17-13-24)28-20(3)21-8-6-5-7-9-21;/h5-9,19-20,22,28H,10-18H2,1-4H3,(H2,25,26,27);1H. The fourth-order valence-electron chi connectivity index (χ4n) is 4.62. The van der Waals surface area contributed by atoms with Gasteiger partial charge in [0.25, 0.3) is 0 Å². The largest absolute Gasteiger partial charge is 0.381 e. The minimum atomic E-state index is 0. The molecule has 31 heavy (non-hydrogen) atoms. The number of benzene rings is 1. The van der Waals surface area contributed by atoms with Crippen molar-refractivity contribution in [2.75, 3.05) is 39.9 Å². The van der Waals surface area contributed by atoms with Gasteiger partial charge in [-0.25, -0.2) is 0 Å².